The third-order valence-corrected chi connectivity index (χ3v) is 3.72. The van der Waals surface area contributed by atoms with Crippen LogP contribution in [0.4, 0.5) is 5.69 Å². The monoisotopic (exact) mass is 262 g/mol. The molecule has 0 aliphatic heterocycles. The van der Waals surface area contributed by atoms with Crippen molar-refractivity contribution < 1.29 is 0 Å². The zero-order valence-electron chi connectivity index (χ0n) is 12.1. The fourth-order valence-corrected chi connectivity index (χ4v) is 2.58. The molecule has 1 aromatic heterocycles. The number of hydrogen-bond acceptors (Lipinski definition) is 2. The Kier molecular flexibility index (Phi) is 3.15. The lowest BCUT2D eigenvalue weighted by atomic mass is 10.0. The van der Waals surface area contributed by atoms with Crippen LogP contribution in [0.5, 0.6) is 0 Å². The van der Waals surface area contributed by atoms with E-state index in [1.54, 1.807) is 0 Å². The van der Waals surface area contributed by atoms with Crippen LogP contribution in [-0.4, -0.2) is 12.0 Å². The number of rotatable bonds is 2. The molecule has 100 valence electrons. The van der Waals surface area contributed by atoms with Crippen LogP contribution in [-0.2, 0) is 0 Å². The van der Waals surface area contributed by atoms with Crippen molar-refractivity contribution in [1.82, 2.24) is 4.98 Å². The van der Waals surface area contributed by atoms with Crippen molar-refractivity contribution >= 4 is 16.6 Å². The molecule has 0 amide bonds. The molecule has 1 heterocycles. The van der Waals surface area contributed by atoms with Gasteiger partial charge in [-0.1, -0.05) is 42.5 Å². The van der Waals surface area contributed by atoms with Crippen molar-refractivity contribution in [3.8, 4) is 11.3 Å². The van der Waals surface area contributed by atoms with Crippen molar-refractivity contribution in [3.63, 3.8) is 0 Å². The number of fused-ring (bicyclic) bond motifs is 1. The maximum atomic E-state index is 4.91. The topological polar surface area (TPSA) is 24.9 Å². The smallest absolute Gasteiger partial charge is 0.0943 e. The average Bonchev–Trinajstić information content (AvgIpc) is 2.47. The number of anilines is 1. The molecular weight excluding hydrogens is 244 g/mol. The van der Waals surface area contributed by atoms with E-state index in [1.807, 2.05) is 7.05 Å². The molecule has 0 radical (unpaired) electrons. The van der Waals surface area contributed by atoms with Crippen LogP contribution in [0.3, 0.4) is 0 Å². The van der Waals surface area contributed by atoms with Crippen molar-refractivity contribution in [3.05, 3.63) is 59.7 Å². The van der Waals surface area contributed by atoms with Gasteiger partial charge in [-0.3, -0.25) is 0 Å². The summed E-state index contributed by atoms with van der Waals surface area (Å²) in [6, 6.07) is 16.8. The molecule has 0 aliphatic carbocycles. The second-order valence-electron chi connectivity index (χ2n) is 5.10. The summed E-state index contributed by atoms with van der Waals surface area (Å²) in [5.74, 6) is 0. The average molecular weight is 262 g/mol. The summed E-state index contributed by atoms with van der Waals surface area (Å²) in [7, 11) is 1.94. The zero-order chi connectivity index (χ0) is 14.1. The molecule has 1 N–H and O–H groups in total. The van der Waals surface area contributed by atoms with Gasteiger partial charge in [-0.2, -0.15) is 0 Å². The van der Waals surface area contributed by atoms with Crippen LogP contribution >= 0.6 is 0 Å². The first-order valence-electron chi connectivity index (χ1n) is 6.85. The highest BCUT2D eigenvalue weighted by molar-refractivity contribution is 5.91. The second kappa shape index (κ2) is 4.97. The first-order valence-corrected chi connectivity index (χ1v) is 6.85. The largest absolute Gasteiger partial charge is 0.386 e. The molecule has 0 bridgehead atoms. The maximum Gasteiger partial charge on any atom is 0.0943 e. The third kappa shape index (κ3) is 2.03. The number of nitrogens with one attached hydrogen (secondary N) is 1. The van der Waals surface area contributed by atoms with Crippen LogP contribution in [0.25, 0.3) is 22.2 Å². The van der Waals surface area contributed by atoms with Gasteiger partial charge in [-0.25, -0.2) is 4.98 Å². The Balaban J connectivity index is 2.34. The number of benzene rings is 2. The van der Waals surface area contributed by atoms with Gasteiger partial charge in [0.1, 0.15) is 0 Å². The minimum absolute atomic E-state index is 1.02. The molecule has 0 spiro atoms. The van der Waals surface area contributed by atoms with E-state index in [2.05, 4.69) is 67.7 Å². The Hall–Kier alpha value is -2.35. The van der Waals surface area contributed by atoms with E-state index < -0.39 is 0 Å². The van der Waals surface area contributed by atoms with Crippen LogP contribution in [0.1, 0.15) is 11.1 Å². The standard InChI is InChI=1S/C18H18N2/c1-12-7-4-5-10-15(12)18-16(19-3)11-14-9-6-8-13(2)17(14)20-18/h4-11,19H,1-3H3. The Morgan fingerprint density at radius 1 is 0.900 bits per heavy atom. The van der Waals surface area contributed by atoms with Crippen molar-refractivity contribution in [2.24, 2.45) is 0 Å². The van der Waals surface area contributed by atoms with E-state index in [9.17, 15) is 0 Å². The van der Waals surface area contributed by atoms with Gasteiger partial charge in [-0.15, -0.1) is 0 Å². The Morgan fingerprint density at radius 3 is 2.40 bits per heavy atom. The fourth-order valence-electron chi connectivity index (χ4n) is 2.58. The zero-order valence-corrected chi connectivity index (χ0v) is 12.1. The molecule has 0 saturated heterocycles. The number of pyridine rings is 1. The van der Waals surface area contributed by atoms with Gasteiger partial charge in [0, 0.05) is 18.0 Å². The number of para-hydroxylation sites is 1. The molecular formula is C18H18N2. The predicted molar refractivity (Wildman–Crippen MR) is 86.2 cm³/mol. The molecule has 0 atom stereocenters. The highest BCUT2D eigenvalue weighted by Crippen LogP contribution is 2.32. The lowest BCUT2D eigenvalue weighted by Crippen LogP contribution is -1.97. The SMILES string of the molecule is CNc1cc2cccc(C)c2nc1-c1ccccc1C. The highest BCUT2D eigenvalue weighted by atomic mass is 14.9. The predicted octanol–water partition coefficient (Wildman–Crippen LogP) is 4.56. The van der Waals surface area contributed by atoms with E-state index in [4.69, 9.17) is 4.98 Å². The van der Waals surface area contributed by atoms with Gasteiger partial charge in [0.25, 0.3) is 0 Å². The maximum absolute atomic E-state index is 4.91. The van der Waals surface area contributed by atoms with Gasteiger partial charge in [0.2, 0.25) is 0 Å². The molecule has 20 heavy (non-hydrogen) atoms. The molecule has 2 nitrogen and oxygen atoms in total. The number of nitrogens with zero attached hydrogens (tertiary/aromatic N) is 1. The van der Waals surface area contributed by atoms with Crippen molar-refractivity contribution in [2.45, 2.75) is 13.8 Å². The molecule has 3 aromatic rings. The van der Waals surface area contributed by atoms with Gasteiger partial charge in [-0.05, 0) is 31.0 Å². The Labute approximate surface area is 119 Å². The summed E-state index contributed by atoms with van der Waals surface area (Å²) in [6.45, 7) is 4.23. The molecule has 2 heteroatoms. The lowest BCUT2D eigenvalue weighted by Gasteiger charge is -2.13. The van der Waals surface area contributed by atoms with Crippen LogP contribution < -0.4 is 5.32 Å². The first-order chi connectivity index (χ1) is 9.70. The number of hydrogen-bond donors (Lipinski definition) is 1. The summed E-state index contributed by atoms with van der Waals surface area (Å²) in [5, 5.41) is 4.44. The van der Waals surface area contributed by atoms with E-state index in [1.165, 1.54) is 22.1 Å². The van der Waals surface area contributed by atoms with Crippen LogP contribution in [0.2, 0.25) is 0 Å². The lowest BCUT2D eigenvalue weighted by molar-refractivity contribution is 1.32. The van der Waals surface area contributed by atoms with Crippen molar-refractivity contribution in [2.75, 3.05) is 12.4 Å². The van der Waals surface area contributed by atoms with Crippen LogP contribution in [0.15, 0.2) is 48.5 Å². The second-order valence-corrected chi connectivity index (χ2v) is 5.10. The minimum Gasteiger partial charge on any atom is -0.386 e. The summed E-state index contributed by atoms with van der Waals surface area (Å²) in [5.41, 5.74) is 6.79. The summed E-state index contributed by atoms with van der Waals surface area (Å²) < 4.78 is 0. The van der Waals surface area contributed by atoms with Crippen LogP contribution in [0, 0.1) is 13.8 Å². The molecule has 0 saturated carbocycles. The molecule has 0 fully saturated rings. The molecule has 0 unspecified atom stereocenters. The molecule has 3 rings (SSSR count). The number of aromatic nitrogens is 1. The van der Waals surface area contributed by atoms with Gasteiger partial charge in [0.05, 0.1) is 16.9 Å². The Bertz CT molecular complexity index is 775. The van der Waals surface area contributed by atoms with E-state index in [-0.39, 0.29) is 0 Å². The normalized spacial score (nSPS) is 10.8. The number of aryl methyl sites for hydroxylation is 2. The van der Waals surface area contributed by atoms with Gasteiger partial charge in [0.15, 0.2) is 0 Å². The fraction of sp³-hybridized carbons (Fsp3) is 0.167. The molecule has 0 aliphatic rings. The van der Waals surface area contributed by atoms with E-state index in [0.717, 1.165) is 16.9 Å². The first kappa shape index (κ1) is 12.7. The molecule has 2 aromatic carbocycles. The van der Waals surface area contributed by atoms with E-state index in [0.29, 0.717) is 0 Å². The van der Waals surface area contributed by atoms with Gasteiger partial charge < -0.3 is 5.32 Å². The van der Waals surface area contributed by atoms with E-state index >= 15 is 0 Å². The van der Waals surface area contributed by atoms with Gasteiger partial charge >= 0.3 is 0 Å². The summed E-state index contributed by atoms with van der Waals surface area (Å²) in [6.07, 6.45) is 0. The Morgan fingerprint density at radius 2 is 1.65 bits per heavy atom. The highest BCUT2D eigenvalue weighted by Gasteiger charge is 2.11. The van der Waals surface area contributed by atoms with Crippen molar-refractivity contribution in [1.29, 1.82) is 0 Å². The summed E-state index contributed by atoms with van der Waals surface area (Å²) in [4.78, 5) is 4.91. The third-order valence-electron chi connectivity index (χ3n) is 3.72. The minimum atomic E-state index is 1.02. The summed E-state index contributed by atoms with van der Waals surface area (Å²) >= 11 is 0. The quantitative estimate of drug-likeness (QED) is 0.732.